The van der Waals surface area contributed by atoms with E-state index in [1.807, 2.05) is 6.07 Å². The molecule has 0 aliphatic rings. The maximum absolute atomic E-state index is 9.71. The van der Waals surface area contributed by atoms with E-state index in [4.69, 9.17) is 4.52 Å². The molecule has 0 atom stereocenters. The lowest BCUT2D eigenvalue weighted by Crippen LogP contribution is -1.82. The number of hydrogen-bond acceptors (Lipinski definition) is 5. The minimum Gasteiger partial charge on any atom is -0.507 e. The Bertz CT molecular complexity index is 665. The maximum atomic E-state index is 9.71. The van der Waals surface area contributed by atoms with Crippen molar-refractivity contribution >= 4 is 0 Å². The number of para-hydroxylation sites is 1. The Hall–Kier alpha value is -2.69. The number of rotatable bonds is 2. The van der Waals surface area contributed by atoms with Crippen LogP contribution in [0.25, 0.3) is 22.8 Å². The molecule has 3 rings (SSSR count). The molecule has 0 radical (unpaired) electrons. The van der Waals surface area contributed by atoms with Gasteiger partial charge in [-0.2, -0.15) is 4.98 Å². The van der Waals surface area contributed by atoms with Gasteiger partial charge in [0.25, 0.3) is 5.89 Å². The first-order chi connectivity index (χ1) is 8.84. The second kappa shape index (κ2) is 4.29. The van der Waals surface area contributed by atoms with Crippen molar-refractivity contribution in [3.63, 3.8) is 0 Å². The van der Waals surface area contributed by atoms with Crippen LogP contribution in [-0.2, 0) is 0 Å². The van der Waals surface area contributed by atoms with Crippen LogP contribution in [0.5, 0.6) is 5.75 Å². The van der Waals surface area contributed by atoms with Gasteiger partial charge in [-0.3, -0.25) is 4.98 Å². The molecule has 1 N–H and O–H groups in total. The first-order valence-corrected chi connectivity index (χ1v) is 5.37. The molecular formula is C13H9N3O2. The molecule has 1 aromatic carbocycles. The first-order valence-electron chi connectivity index (χ1n) is 5.37. The molecule has 0 unspecified atom stereocenters. The van der Waals surface area contributed by atoms with Gasteiger partial charge in [0.05, 0.1) is 11.1 Å². The average Bonchev–Trinajstić information content (AvgIpc) is 2.90. The Morgan fingerprint density at radius 2 is 1.94 bits per heavy atom. The van der Waals surface area contributed by atoms with Gasteiger partial charge in [-0.1, -0.05) is 17.3 Å². The van der Waals surface area contributed by atoms with Crippen molar-refractivity contribution in [2.75, 3.05) is 0 Å². The number of phenolic OH excluding ortho intramolecular Hbond substituents is 1. The minimum atomic E-state index is 0.121. The van der Waals surface area contributed by atoms with Crippen LogP contribution in [0.15, 0.2) is 53.3 Å². The van der Waals surface area contributed by atoms with Gasteiger partial charge in [0, 0.05) is 12.4 Å². The molecule has 0 fully saturated rings. The second-order valence-electron chi connectivity index (χ2n) is 3.68. The number of nitrogens with zero attached hydrogens (tertiary/aromatic N) is 3. The molecule has 0 amide bonds. The zero-order valence-corrected chi connectivity index (χ0v) is 9.32. The highest BCUT2D eigenvalue weighted by atomic mass is 16.5. The van der Waals surface area contributed by atoms with Gasteiger partial charge >= 0.3 is 0 Å². The fourth-order valence-corrected chi connectivity index (χ4v) is 1.60. The first kappa shape index (κ1) is 10.5. The van der Waals surface area contributed by atoms with E-state index in [9.17, 15) is 5.11 Å². The summed E-state index contributed by atoms with van der Waals surface area (Å²) < 4.78 is 5.15. The highest BCUT2D eigenvalue weighted by molar-refractivity contribution is 5.64. The van der Waals surface area contributed by atoms with Crippen molar-refractivity contribution in [3.8, 4) is 28.6 Å². The number of pyridine rings is 1. The van der Waals surface area contributed by atoms with Crippen LogP contribution in [0, 0.1) is 0 Å². The van der Waals surface area contributed by atoms with Crippen LogP contribution in [0.3, 0.4) is 0 Å². The maximum Gasteiger partial charge on any atom is 0.259 e. The Balaban J connectivity index is 2.03. The van der Waals surface area contributed by atoms with Gasteiger partial charge in [0.15, 0.2) is 0 Å². The van der Waals surface area contributed by atoms with E-state index < -0.39 is 0 Å². The number of hydrogen-bond donors (Lipinski definition) is 1. The van der Waals surface area contributed by atoms with Crippen molar-refractivity contribution in [2.24, 2.45) is 0 Å². The lowest BCUT2D eigenvalue weighted by atomic mass is 10.2. The molecule has 0 bridgehead atoms. The third-order valence-corrected chi connectivity index (χ3v) is 2.48. The summed E-state index contributed by atoms with van der Waals surface area (Å²) in [5.41, 5.74) is 1.28. The van der Waals surface area contributed by atoms with E-state index in [1.54, 1.807) is 42.7 Å². The van der Waals surface area contributed by atoms with Crippen LogP contribution < -0.4 is 0 Å². The van der Waals surface area contributed by atoms with Gasteiger partial charge in [-0.15, -0.1) is 0 Å². The van der Waals surface area contributed by atoms with Crippen LogP contribution in [0.2, 0.25) is 0 Å². The number of phenols is 1. The quantitative estimate of drug-likeness (QED) is 0.743. The largest absolute Gasteiger partial charge is 0.507 e. The average molecular weight is 239 g/mol. The summed E-state index contributed by atoms with van der Waals surface area (Å²) in [5, 5.41) is 13.6. The Kier molecular flexibility index (Phi) is 2.49. The summed E-state index contributed by atoms with van der Waals surface area (Å²) >= 11 is 0. The normalized spacial score (nSPS) is 10.4. The monoisotopic (exact) mass is 239 g/mol. The second-order valence-corrected chi connectivity index (χ2v) is 3.68. The SMILES string of the molecule is Oc1ccccc1-c1noc(-c2cccnc2)n1. The highest BCUT2D eigenvalue weighted by Gasteiger charge is 2.12. The minimum absolute atomic E-state index is 0.121. The highest BCUT2D eigenvalue weighted by Crippen LogP contribution is 2.27. The molecule has 5 heteroatoms. The number of aromatic hydroxyl groups is 1. The van der Waals surface area contributed by atoms with Gasteiger partial charge in [0.2, 0.25) is 5.82 Å². The van der Waals surface area contributed by atoms with Crippen molar-refractivity contribution in [2.45, 2.75) is 0 Å². The summed E-state index contributed by atoms with van der Waals surface area (Å²) in [6.07, 6.45) is 3.31. The molecule has 0 saturated carbocycles. The molecule has 0 aliphatic carbocycles. The zero-order chi connectivity index (χ0) is 12.4. The Labute approximate surface area is 103 Å². The summed E-state index contributed by atoms with van der Waals surface area (Å²) in [5.74, 6) is 0.851. The Morgan fingerprint density at radius 1 is 1.06 bits per heavy atom. The van der Waals surface area contributed by atoms with E-state index in [1.165, 1.54) is 0 Å². The van der Waals surface area contributed by atoms with Crippen molar-refractivity contribution in [1.82, 2.24) is 15.1 Å². The predicted molar refractivity (Wildman–Crippen MR) is 64.6 cm³/mol. The van der Waals surface area contributed by atoms with Crippen molar-refractivity contribution < 1.29 is 9.63 Å². The molecule has 0 spiro atoms. The lowest BCUT2D eigenvalue weighted by Gasteiger charge is -1.96. The molecule has 0 saturated heterocycles. The van der Waals surface area contributed by atoms with E-state index in [-0.39, 0.29) is 5.75 Å². The van der Waals surface area contributed by atoms with Crippen LogP contribution in [0.4, 0.5) is 0 Å². The smallest absolute Gasteiger partial charge is 0.259 e. The van der Waals surface area contributed by atoms with Gasteiger partial charge in [0.1, 0.15) is 5.75 Å². The summed E-state index contributed by atoms with van der Waals surface area (Å²) in [4.78, 5) is 8.22. The van der Waals surface area contributed by atoms with Gasteiger partial charge < -0.3 is 9.63 Å². The molecule has 3 aromatic rings. The molecule has 5 nitrogen and oxygen atoms in total. The third kappa shape index (κ3) is 1.82. The fraction of sp³-hybridized carbons (Fsp3) is 0. The van der Waals surface area contributed by atoms with Crippen molar-refractivity contribution in [3.05, 3.63) is 48.8 Å². The van der Waals surface area contributed by atoms with Crippen LogP contribution in [-0.4, -0.2) is 20.2 Å². The molecule has 88 valence electrons. The van der Waals surface area contributed by atoms with Crippen molar-refractivity contribution in [1.29, 1.82) is 0 Å². The standard InChI is InChI=1S/C13H9N3O2/c17-11-6-2-1-5-10(11)12-15-13(18-16-12)9-4-3-7-14-8-9/h1-8,17H. The molecule has 18 heavy (non-hydrogen) atoms. The van der Waals surface area contributed by atoms with E-state index in [0.29, 0.717) is 17.3 Å². The summed E-state index contributed by atoms with van der Waals surface area (Å²) in [7, 11) is 0. The summed E-state index contributed by atoms with van der Waals surface area (Å²) in [6.45, 7) is 0. The molecule has 2 heterocycles. The van der Waals surface area contributed by atoms with Gasteiger partial charge in [-0.25, -0.2) is 0 Å². The van der Waals surface area contributed by atoms with E-state index >= 15 is 0 Å². The summed E-state index contributed by atoms with van der Waals surface area (Å²) in [6, 6.07) is 10.5. The molecular weight excluding hydrogens is 230 g/mol. The molecule has 2 aromatic heterocycles. The zero-order valence-electron chi connectivity index (χ0n) is 9.32. The Morgan fingerprint density at radius 3 is 2.72 bits per heavy atom. The lowest BCUT2D eigenvalue weighted by molar-refractivity contribution is 0.431. The topological polar surface area (TPSA) is 72.0 Å². The number of benzene rings is 1. The van der Waals surface area contributed by atoms with Crippen LogP contribution in [0.1, 0.15) is 0 Å². The van der Waals surface area contributed by atoms with Crippen LogP contribution >= 0.6 is 0 Å². The van der Waals surface area contributed by atoms with E-state index in [0.717, 1.165) is 5.56 Å². The van der Waals surface area contributed by atoms with Gasteiger partial charge in [-0.05, 0) is 24.3 Å². The van der Waals surface area contributed by atoms with E-state index in [2.05, 4.69) is 15.1 Å². The number of aromatic nitrogens is 3. The fourth-order valence-electron chi connectivity index (χ4n) is 1.60. The predicted octanol–water partition coefficient (Wildman–Crippen LogP) is 2.50. The molecule has 0 aliphatic heterocycles. The third-order valence-electron chi connectivity index (χ3n) is 2.48.